The van der Waals surface area contributed by atoms with Crippen LogP contribution in [0.25, 0.3) is 0 Å². The lowest BCUT2D eigenvalue weighted by atomic mass is 10.2. The zero-order valence-corrected chi connectivity index (χ0v) is 15.1. The minimum absolute atomic E-state index is 0. The number of ether oxygens (including phenoxy) is 2. The molecule has 1 aliphatic rings. The van der Waals surface area contributed by atoms with Crippen LogP contribution in [-0.4, -0.2) is 19.3 Å². The molecule has 3 rings (SSSR count). The maximum Gasteiger partial charge on any atom is 0.124 e. The smallest absolute Gasteiger partial charge is 0.124 e. The Morgan fingerprint density at radius 2 is 1.83 bits per heavy atom. The molecule has 0 saturated carbocycles. The van der Waals surface area contributed by atoms with Crippen LogP contribution < -0.4 is 10.1 Å². The van der Waals surface area contributed by atoms with Crippen LogP contribution in [0.3, 0.4) is 0 Å². The predicted molar refractivity (Wildman–Crippen MR) is 100 cm³/mol. The number of hydrogen-bond donors (Lipinski definition) is 1. The topological polar surface area (TPSA) is 30.5 Å². The van der Waals surface area contributed by atoms with E-state index >= 15 is 0 Å². The average molecular weight is 368 g/mol. The number of halogens is 2. The molecule has 1 atom stereocenters. The van der Waals surface area contributed by atoms with Gasteiger partial charge < -0.3 is 14.8 Å². The molecule has 1 saturated heterocycles. The lowest BCUT2D eigenvalue weighted by Crippen LogP contribution is -2.25. The van der Waals surface area contributed by atoms with Gasteiger partial charge in [0.05, 0.1) is 6.10 Å². The van der Waals surface area contributed by atoms with E-state index in [-0.39, 0.29) is 12.4 Å². The first-order chi connectivity index (χ1) is 11.3. The molecule has 3 nitrogen and oxygen atoms in total. The van der Waals surface area contributed by atoms with Crippen LogP contribution in [0.15, 0.2) is 48.5 Å². The number of nitrogens with one attached hydrogen (secondary N) is 1. The van der Waals surface area contributed by atoms with Gasteiger partial charge in [0, 0.05) is 35.8 Å². The zero-order valence-electron chi connectivity index (χ0n) is 13.5. The molecule has 1 aliphatic heterocycles. The molecule has 0 spiro atoms. The molecule has 24 heavy (non-hydrogen) atoms. The quantitative estimate of drug-likeness (QED) is 0.774. The van der Waals surface area contributed by atoms with Gasteiger partial charge >= 0.3 is 0 Å². The van der Waals surface area contributed by atoms with Crippen LogP contribution >= 0.6 is 24.0 Å². The Labute approximate surface area is 154 Å². The molecular formula is C19H23Cl2NO2. The molecule has 0 aromatic heterocycles. The van der Waals surface area contributed by atoms with Gasteiger partial charge in [0.15, 0.2) is 0 Å². The minimum atomic E-state index is 0. The monoisotopic (exact) mass is 367 g/mol. The molecule has 1 fully saturated rings. The molecule has 1 N–H and O–H groups in total. The summed E-state index contributed by atoms with van der Waals surface area (Å²) < 4.78 is 11.6. The second-order valence-electron chi connectivity index (χ2n) is 5.75. The van der Waals surface area contributed by atoms with E-state index in [1.165, 1.54) is 6.42 Å². The second-order valence-corrected chi connectivity index (χ2v) is 6.16. The Morgan fingerprint density at radius 1 is 1.08 bits per heavy atom. The van der Waals surface area contributed by atoms with E-state index in [2.05, 4.69) is 11.4 Å². The third-order valence-corrected chi connectivity index (χ3v) is 4.39. The summed E-state index contributed by atoms with van der Waals surface area (Å²) in [6, 6.07) is 15.9. The molecule has 0 radical (unpaired) electrons. The highest BCUT2D eigenvalue weighted by Crippen LogP contribution is 2.22. The summed E-state index contributed by atoms with van der Waals surface area (Å²) in [6.07, 6.45) is 2.67. The summed E-state index contributed by atoms with van der Waals surface area (Å²) in [5.41, 5.74) is 2.15. The van der Waals surface area contributed by atoms with E-state index < -0.39 is 0 Å². The lowest BCUT2D eigenvalue weighted by Gasteiger charge is -2.14. The van der Waals surface area contributed by atoms with Gasteiger partial charge in [-0.1, -0.05) is 48.0 Å². The molecule has 0 bridgehead atoms. The molecule has 0 aliphatic carbocycles. The van der Waals surface area contributed by atoms with Crippen molar-refractivity contribution in [2.24, 2.45) is 0 Å². The molecule has 2 aromatic carbocycles. The zero-order chi connectivity index (χ0) is 15.9. The summed E-state index contributed by atoms with van der Waals surface area (Å²) in [7, 11) is 0. The number of rotatable bonds is 7. The van der Waals surface area contributed by atoms with Crippen molar-refractivity contribution >= 4 is 24.0 Å². The van der Waals surface area contributed by atoms with Crippen molar-refractivity contribution in [2.45, 2.75) is 32.1 Å². The Kier molecular flexibility index (Phi) is 7.86. The Bertz CT molecular complexity index is 630. The second kappa shape index (κ2) is 9.90. The van der Waals surface area contributed by atoms with Gasteiger partial charge in [-0.3, -0.25) is 0 Å². The van der Waals surface area contributed by atoms with E-state index in [0.717, 1.165) is 48.0 Å². The van der Waals surface area contributed by atoms with E-state index in [1.54, 1.807) is 0 Å². The number of hydrogen-bond acceptors (Lipinski definition) is 3. The summed E-state index contributed by atoms with van der Waals surface area (Å²) in [4.78, 5) is 0. The Hall–Kier alpha value is -1.26. The standard InChI is InChI=1S/C19H22ClNO2.ClH/c20-18-9-3-1-7-16(18)14-23-19-10-4-2-6-15(19)12-21-13-17-8-5-11-22-17;/h1-4,6-7,9-10,17,21H,5,8,11-14H2;1H. The van der Waals surface area contributed by atoms with Crippen LogP contribution in [0.5, 0.6) is 5.75 Å². The first-order valence-corrected chi connectivity index (χ1v) is 8.47. The highest BCUT2D eigenvalue weighted by Gasteiger charge is 2.14. The predicted octanol–water partition coefficient (Wildman–Crippen LogP) is 4.61. The van der Waals surface area contributed by atoms with Crippen molar-refractivity contribution in [3.8, 4) is 5.75 Å². The molecular weight excluding hydrogens is 345 g/mol. The minimum Gasteiger partial charge on any atom is -0.489 e. The normalized spacial score (nSPS) is 16.6. The first kappa shape index (κ1) is 19.1. The molecule has 5 heteroatoms. The molecule has 2 aromatic rings. The van der Waals surface area contributed by atoms with Crippen molar-refractivity contribution in [3.63, 3.8) is 0 Å². The van der Waals surface area contributed by atoms with Crippen LogP contribution in [0, 0.1) is 0 Å². The summed E-state index contributed by atoms with van der Waals surface area (Å²) >= 11 is 6.18. The maximum absolute atomic E-state index is 6.18. The van der Waals surface area contributed by atoms with E-state index in [1.807, 2.05) is 42.5 Å². The fraction of sp³-hybridized carbons (Fsp3) is 0.368. The van der Waals surface area contributed by atoms with Crippen molar-refractivity contribution < 1.29 is 9.47 Å². The van der Waals surface area contributed by atoms with Crippen molar-refractivity contribution in [1.82, 2.24) is 5.32 Å². The summed E-state index contributed by atoms with van der Waals surface area (Å²) in [6.45, 7) is 3.03. The fourth-order valence-corrected chi connectivity index (χ4v) is 2.93. The Morgan fingerprint density at radius 3 is 2.58 bits per heavy atom. The van der Waals surface area contributed by atoms with Crippen LogP contribution in [0.1, 0.15) is 24.0 Å². The van der Waals surface area contributed by atoms with E-state index in [4.69, 9.17) is 21.1 Å². The van der Waals surface area contributed by atoms with Crippen LogP contribution in [0.4, 0.5) is 0 Å². The van der Waals surface area contributed by atoms with Crippen molar-refractivity contribution in [2.75, 3.05) is 13.2 Å². The Balaban J connectivity index is 0.00000208. The van der Waals surface area contributed by atoms with Crippen molar-refractivity contribution in [1.29, 1.82) is 0 Å². The highest BCUT2D eigenvalue weighted by molar-refractivity contribution is 6.31. The molecule has 0 amide bonds. The molecule has 1 unspecified atom stereocenters. The van der Waals surface area contributed by atoms with Gasteiger partial charge in [0.2, 0.25) is 0 Å². The van der Waals surface area contributed by atoms with Gasteiger partial charge in [-0.2, -0.15) is 0 Å². The van der Waals surface area contributed by atoms with Gasteiger partial charge in [-0.25, -0.2) is 0 Å². The number of para-hydroxylation sites is 1. The van der Waals surface area contributed by atoms with Gasteiger partial charge in [0.25, 0.3) is 0 Å². The van der Waals surface area contributed by atoms with Gasteiger partial charge in [0.1, 0.15) is 12.4 Å². The van der Waals surface area contributed by atoms with Gasteiger partial charge in [-0.05, 0) is 25.0 Å². The SMILES string of the molecule is Cl.Clc1ccccc1COc1ccccc1CNCC1CCCO1. The van der Waals surface area contributed by atoms with Crippen LogP contribution in [0.2, 0.25) is 5.02 Å². The largest absolute Gasteiger partial charge is 0.489 e. The van der Waals surface area contributed by atoms with E-state index in [0.29, 0.717) is 12.7 Å². The van der Waals surface area contributed by atoms with Gasteiger partial charge in [-0.15, -0.1) is 12.4 Å². The fourth-order valence-electron chi connectivity index (χ4n) is 2.73. The van der Waals surface area contributed by atoms with E-state index in [9.17, 15) is 0 Å². The van der Waals surface area contributed by atoms with Crippen molar-refractivity contribution in [3.05, 3.63) is 64.7 Å². The third-order valence-electron chi connectivity index (χ3n) is 4.03. The maximum atomic E-state index is 6.18. The highest BCUT2D eigenvalue weighted by atomic mass is 35.5. The average Bonchev–Trinajstić information content (AvgIpc) is 3.09. The lowest BCUT2D eigenvalue weighted by molar-refractivity contribution is 0.110. The summed E-state index contributed by atoms with van der Waals surface area (Å²) in [5.74, 6) is 0.896. The summed E-state index contributed by atoms with van der Waals surface area (Å²) in [5, 5.41) is 4.20. The molecule has 130 valence electrons. The number of benzene rings is 2. The van der Waals surface area contributed by atoms with Crippen LogP contribution in [-0.2, 0) is 17.9 Å². The third kappa shape index (κ3) is 5.38. The first-order valence-electron chi connectivity index (χ1n) is 8.09. The molecule has 1 heterocycles.